The first-order valence-electron chi connectivity index (χ1n) is 6.47. The van der Waals surface area contributed by atoms with Gasteiger partial charge in [0.05, 0.1) is 5.69 Å². The molecule has 2 heterocycles. The first kappa shape index (κ1) is 13.7. The number of hydrogen-bond acceptors (Lipinski definition) is 4. The lowest BCUT2D eigenvalue weighted by Gasteiger charge is -2.20. The van der Waals surface area contributed by atoms with E-state index in [0.29, 0.717) is 0 Å². The number of aryl methyl sites for hydroxylation is 2. The van der Waals surface area contributed by atoms with Gasteiger partial charge in [-0.05, 0) is 46.8 Å². The highest BCUT2D eigenvalue weighted by molar-refractivity contribution is 5.24. The Hall–Kier alpha value is -1.75. The SMILES string of the molecule is Cc1nc(C)n(-c2cccc(CNC(C)(C)C)n2)n1. The number of rotatable bonds is 3. The van der Waals surface area contributed by atoms with E-state index >= 15 is 0 Å². The van der Waals surface area contributed by atoms with Crippen LogP contribution in [0.25, 0.3) is 5.82 Å². The van der Waals surface area contributed by atoms with Gasteiger partial charge in [-0.3, -0.25) is 0 Å². The molecule has 0 aromatic carbocycles. The van der Waals surface area contributed by atoms with Gasteiger partial charge in [0.2, 0.25) is 0 Å². The predicted octanol–water partition coefficient (Wildman–Crippen LogP) is 2.17. The molecule has 0 saturated carbocycles. The van der Waals surface area contributed by atoms with Gasteiger partial charge < -0.3 is 5.32 Å². The van der Waals surface area contributed by atoms with Crippen LogP contribution in [0.5, 0.6) is 0 Å². The van der Waals surface area contributed by atoms with Crippen molar-refractivity contribution in [3.8, 4) is 5.82 Å². The fourth-order valence-corrected chi connectivity index (χ4v) is 1.78. The smallest absolute Gasteiger partial charge is 0.155 e. The van der Waals surface area contributed by atoms with Crippen LogP contribution in [0.15, 0.2) is 18.2 Å². The molecule has 0 aliphatic heterocycles. The minimum atomic E-state index is 0.0808. The standard InChI is InChI=1S/C14H21N5/c1-10-16-11(2)19(18-10)13-8-6-7-12(17-13)9-15-14(3,4)5/h6-8,15H,9H2,1-5H3. The zero-order chi connectivity index (χ0) is 14.0. The highest BCUT2D eigenvalue weighted by Crippen LogP contribution is 2.09. The summed E-state index contributed by atoms with van der Waals surface area (Å²) >= 11 is 0. The quantitative estimate of drug-likeness (QED) is 0.917. The Kier molecular flexibility index (Phi) is 3.66. The van der Waals surface area contributed by atoms with Crippen LogP contribution in [0.3, 0.4) is 0 Å². The van der Waals surface area contributed by atoms with Crippen molar-refractivity contribution in [2.75, 3.05) is 0 Å². The van der Waals surface area contributed by atoms with E-state index in [9.17, 15) is 0 Å². The fraction of sp³-hybridized carbons (Fsp3) is 0.500. The Morgan fingerprint density at radius 3 is 2.47 bits per heavy atom. The molecule has 0 saturated heterocycles. The average molecular weight is 259 g/mol. The van der Waals surface area contributed by atoms with Gasteiger partial charge in [0, 0.05) is 12.1 Å². The zero-order valence-corrected chi connectivity index (χ0v) is 12.2. The molecule has 0 spiro atoms. The van der Waals surface area contributed by atoms with E-state index in [-0.39, 0.29) is 5.54 Å². The van der Waals surface area contributed by atoms with E-state index in [2.05, 4.69) is 41.2 Å². The lowest BCUT2D eigenvalue weighted by atomic mass is 10.1. The molecule has 5 heteroatoms. The molecule has 0 unspecified atom stereocenters. The second-order valence-electron chi connectivity index (χ2n) is 5.71. The maximum Gasteiger partial charge on any atom is 0.155 e. The Morgan fingerprint density at radius 1 is 1.16 bits per heavy atom. The summed E-state index contributed by atoms with van der Waals surface area (Å²) in [4.78, 5) is 8.92. The van der Waals surface area contributed by atoms with E-state index in [1.54, 1.807) is 4.68 Å². The Bertz CT molecular complexity index is 565. The largest absolute Gasteiger partial charge is 0.306 e. The number of pyridine rings is 1. The van der Waals surface area contributed by atoms with Gasteiger partial charge in [-0.1, -0.05) is 6.07 Å². The second-order valence-corrected chi connectivity index (χ2v) is 5.71. The lowest BCUT2D eigenvalue weighted by molar-refractivity contribution is 0.421. The minimum Gasteiger partial charge on any atom is -0.306 e. The number of nitrogens with one attached hydrogen (secondary N) is 1. The average Bonchev–Trinajstić information content (AvgIpc) is 2.65. The topological polar surface area (TPSA) is 55.6 Å². The van der Waals surface area contributed by atoms with E-state index < -0.39 is 0 Å². The molecule has 0 fully saturated rings. The molecule has 0 aliphatic carbocycles. The Labute approximate surface area is 114 Å². The molecule has 102 valence electrons. The molecule has 2 aromatic rings. The summed E-state index contributed by atoms with van der Waals surface area (Å²) in [6.07, 6.45) is 0. The first-order chi connectivity index (χ1) is 8.85. The molecule has 2 rings (SSSR count). The van der Waals surface area contributed by atoms with Gasteiger partial charge in [-0.15, -0.1) is 5.10 Å². The summed E-state index contributed by atoms with van der Waals surface area (Å²) in [5, 5.41) is 7.78. The molecular formula is C14H21N5. The third kappa shape index (κ3) is 3.61. The van der Waals surface area contributed by atoms with Crippen LogP contribution < -0.4 is 5.32 Å². The molecule has 0 bridgehead atoms. The highest BCUT2D eigenvalue weighted by atomic mass is 15.4. The molecule has 0 atom stereocenters. The summed E-state index contributed by atoms with van der Waals surface area (Å²) in [5.41, 5.74) is 1.08. The minimum absolute atomic E-state index is 0.0808. The third-order valence-electron chi connectivity index (χ3n) is 2.68. The fourth-order valence-electron chi connectivity index (χ4n) is 1.78. The normalized spacial score (nSPS) is 11.8. The molecule has 0 aliphatic rings. The van der Waals surface area contributed by atoms with Gasteiger partial charge in [-0.25, -0.2) is 9.97 Å². The Balaban J connectivity index is 2.22. The van der Waals surface area contributed by atoms with Gasteiger partial charge in [0.15, 0.2) is 5.82 Å². The molecule has 2 aromatic heterocycles. The zero-order valence-electron chi connectivity index (χ0n) is 12.2. The van der Waals surface area contributed by atoms with Crippen molar-refractivity contribution in [3.63, 3.8) is 0 Å². The van der Waals surface area contributed by atoms with Crippen molar-refractivity contribution >= 4 is 0 Å². The van der Waals surface area contributed by atoms with Gasteiger partial charge >= 0.3 is 0 Å². The summed E-state index contributed by atoms with van der Waals surface area (Å²) in [6.45, 7) is 11.0. The highest BCUT2D eigenvalue weighted by Gasteiger charge is 2.10. The monoisotopic (exact) mass is 259 g/mol. The third-order valence-corrected chi connectivity index (χ3v) is 2.68. The van der Waals surface area contributed by atoms with Crippen LogP contribution in [0.2, 0.25) is 0 Å². The summed E-state index contributed by atoms with van der Waals surface area (Å²) in [5.74, 6) is 2.43. The number of aromatic nitrogens is 4. The molecule has 0 amide bonds. The van der Waals surface area contributed by atoms with Gasteiger partial charge in [0.1, 0.15) is 11.6 Å². The van der Waals surface area contributed by atoms with Crippen molar-refractivity contribution in [1.29, 1.82) is 0 Å². The second kappa shape index (κ2) is 5.09. The van der Waals surface area contributed by atoms with Crippen molar-refractivity contribution in [1.82, 2.24) is 25.1 Å². The van der Waals surface area contributed by atoms with Crippen molar-refractivity contribution in [2.24, 2.45) is 0 Å². The van der Waals surface area contributed by atoms with Crippen LogP contribution in [0.4, 0.5) is 0 Å². The number of nitrogens with zero attached hydrogens (tertiary/aromatic N) is 4. The van der Waals surface area contributed by atoms with Crippen LogP contribution in [0.1, 0.15) is 38.1 Å². The predicted molar refractivity (Wildman–Crippen MR) is 75.2 cm³/mol. The van der Waals surface area contributed by atoms with E-state index in [1.165, 1.54) is 0 Å². The van der Waals surface area contributed by atoms with Crippen LogP contribution in [-0.4, -0.2) is 25.3 Å². The van der Waals surface area contributed by atoms with Crippen molar-refractivity contribution < 1.29 is 0 Å². The Morgan fingerprint density at radius 2 is 1.89 bits per heavy atom. The molecule has 19 heavy (non-hydrogen) atoms. The molecular weight excluding hydrogens is 238 g/mol. The molecule has 1 N–H and O–H groups in total. The number of hydrogen-bond donors (Lipinski definition) is 1. The van der Waals surface area contributed by atoms with Crippen LogP contribution in [-0.2, 0) is 6.54 Å². The van der Waals surface area contributed by atoms with Gasteiger partial charge in [0.25, 0.3) is 0 Å². The van der Waals surface area contributed by atoms with E-state index in [1.807, 2.05) is 32.0 Å². The molecule has 0 radical (unpaired) electrons. The van der Waals surface area contributed by atoms with Crippen LogP contribution >= 0.6 is 0 Å². The summed E-state index contributed by atoms with van der Waals surface area (Å²) in [6, 6.07) is 5.96. The van der Waals surface area contributed by atoms with Gasteiger partial charge in [-0.2, -0.15) is 4.68 Å². The van der Waals surface area contributed by atoms with E-state index in [4.69, 9.17) is 0 Å². The summed E-state index contributed by atoms with van der Waals surface area (Å²) < 4.78 is 1.77. The maximum absolute atomic E-state index is 4.62. The van der Waals surface area contributed by atoms with E-state index in [0.717, 1.165) is 29.7 Å². The van der Waals surface area contributed by atoms with Crippen molar-refractivity contribution in [3.05, 3.63) is 35.5 Å². The lowest BCUT2D eigenvalue weighted by Crippen LogP contribution is -2.35. The maximum atomic E-state index is 4.62. The molecule has 5 nitrogen and oxygen atoms in total. The van der Waals surface area contributed by atoms with Crippen molar-refractivity contribution in [2.45, 2.75) is 46.7 Å². The van der Waals surface area contributed by atoms with Crippen LogP contribution in [0, 0.1) is 13.8 Å². The first-order valence-corrected chi connectivity index (χ1v) is 6.47. The summed E-state index contributed by atoms with van der Waals surface area (Å²) in [7, 11) is 0.